The Morgan fingerprint density at radius 2 is 2.00 bits per heavy atom. The minimum Gasteiger partial charge on any atom is -0.453 e. The van der Waals surface area contributed by atoms with Gasteiger partial charge in [-0.1, -0.05) is 23.2 Å². The van der Waals surface area contributed by atoms with Gasteiger partial charge in [0.05, 0.1) is 5.02 Å². The molecule has 2 heterocycles. The Balaban J connectivity index is 2.09. The molecule has 0 N–H and O–H groups in total. The van der Waals surface area contributed by atoms with Crippen LogP contribution in [0.2, 0.25) is 10.0 Å². The van der Waals surface area contributed by atoms with Crippen LogP contribution < -0.4 is 0 Å². The van der Waals surface area contributed by atoms with Crippen LogP contribution in [0.4, 0.5) is 0 Å². The predicted molar refractivity (Wildman–Crippen MR) is 73.9 cm³/mol. The van der Waals surface area contributed by atoms with Crippen LogP contribution in [-0.4, -0.2) is 10.8 Å². The second-order valence-electron chi connectivity index (χ2n) is 3.96. The van der Waals surface area contributed by atoms with Crippen LogP contribution in [0.25, 0.3) is 11.0 Å². The fourth-order valence-electron chi connectivity index (χ4n) is 1.80. The van der Waals surface area contributed by atoms with Gasteiger partial charge in [0.2, 0.25) is 5.78 Å². The molecule has 94 valence electrons. The number of halogens is 2. The van der Waals surface area contributed by atoms with Crippen LogP contribution in [0.3, 0.4) is 0 Å². The largest absolute Gasteiger partial charge is 0.453 e. The first-order chi connectivity index (χ1) is 9.15. The second-order valence-corrected chi connectivity index (χ2v) is 4.80. The van der Waals surface area contributed by atoms with Crippen molar-refractivity contribution in [2.75, 3.05) is 0 Å². The molecule has 0 aliphatic carbocycles. The van der Waals surface area contributed by atoms with Crippen LogP contribution in [0, 0.1) is 0 Å². The number of hydrogen-bond donors (Lipinski definition) is 0. The van der Waals surface area contributed by atoms with Gasteiger partial charge in [0, 0.05) is 16.6 Å². The molecule has 0 amide bonds. The number of carbonyl (C=O) groups excluding carboxylic acids is 1. The molecule has 5 heteroatoms. The number of benzene rings is 1. The number of carbonyl (C=O) groups is 1. The van der Waals surface area contributed by atoms with Gasteiger partial charge in [0.25, 0.3) is 0 Å². The van der Waals surface area contributed by atoms with Gasteiger partial charge in [-0.25, -0.2) is 0 Å². The second kappa shape index (κ2) is 4.68. The summed E-state index contributed by atoms with van der Waals surface area (Å²) in [7, 11) is 0. The molecule has 1 aromatic carbocycles. The zero-order valence-corrected chi connectivity index (χ0v) is 11.1. The third kappa shape index (κ3) is 2.23. The Morgan fingerprint density at radius 1 is 1.16 bits per heavy atom. The maximum Gasteiger partial charge on any atom is 0.248 e. The summed E-state index contributed by atoms with van der Waals surface area (Å²) in [5.74, 6) is -0.157. The molecule has 0 saturated heterocycles. The van der Waals surface area contributed by atoms with E-state index in [9.17, 15) is 4.79 Å². The minimum atomic E-state index is -0.349. The van der Waals surface area contributed by atoms with Gasteiger partial charge in [-0.2, -0.15) is 0 Å². The topological polar surface area (TPSA) is 43.1 Å². The first-order valence-corrected chi connectivity index (χ1v) is 6.25. The number of aromatic nitrogens is 1. The smallest absolute Gasteiger partial charge is 0.248 e. The SMILES string of the molecule is O=C(c1cc2cc(Cl)ccc2o1)c1ncccc1Cl. The molecular weight excluding hydrogens is 285 g/mol. The monoisotopic (exact) mass is 291 g/mol. The molecule has 0 unspecified atom stereocenters. The van der Waals surface area contributed by atoms with Gasteiger partial charge in [-0.05, 0) is 36.4 Å². The van der Waals surface area contributed by atoms with E-state index >= 15 is 0 Å². The summed E-state index contributed by atoms with van der Waals surface area (Å²) in [6, 6.07) is 10.1. The Bertz CT molecular complexity index is 780. The molecule has 0 bridgehead atoms. The molecule has 0 fully saturated rings. The predicted octanol–water partition coefficient (Wildman–Crippen LogP) is 4.37. The van der Waals surface area contributed by atoms with Crippen molar-refractivity contribution in [1.82, 2.24) is 4.98 Å². The van der Waals surface area contributed by atoms with E-state index in [0.717, 1.165) is 5.39 Å². The number of furan rings is 1. The van der Waals surface area contributed by atoms with Crippen molar-refractivity contribution in [2.45, 2.75) is 0 Å². The fraction of sp³-hybridized carbons (Fsp3) is 0. The summed E-state index contributed by atoms with van der Waals surface area (Å²) in [6.07, 6.45) is 1.51. The van der Waals surface area contributed by atoms with Crippen LogP contribution in [-0.2, 0) is 0 Å². The van der Waals surface area contributed by atoms with E-state index in [-0.39, 0.29) is 17.2 Å². The van der Waals surface area contributed by atoms with E-state index in [1.54, 1.807) is 36.4 Å². The lowest BCUT2D eigenvalue weighted by Crippen LogP contribution is -2.03. The summed E-state index contributed by atoms with van der Waals surface area (Å²) in [5, 5.41) is 1.65. The van der Waals surface area contributed by atoms with Gasteiger partial charge in [0.1, 0.15) is 11.3 Å². The summed E-state index contributed by atoms with van der Waals surface area (Å²) < 4.78 is 5.49. The zero-order valence-electron chi connectivity index (χ0n) is 9.56. The van der Waals surface area contributed by atoms with E-state index < -0.39 is 0 Å². The van der Waals surface area contributed by atoms with Crippen molar-refractivity contribution >= 4 is 40.0 Å². The van der Waals surface area contributed by atoms with Crippen molar-refractivity contribution in [3.8, 4) is 0 Å². The van der Waals surface area contributed by atoms with Crippen LogP contribution in [0.5, 0.6) is 0 Å². The number of rotatable bonds is 2. The van der Waals surface area contributed by atoms with Crippen molar-refractivity contribution in [3.63, 3.8) is 0 Å². The molecule has 0 saturated carbocycles. The van der Waals surface area contributed by atoms with E-state index in [1.807, 2.05) is 0 Å². The Morgan fingerprint density at radius 3 is 2.79 bits per heavy atom. The molecule has 3 aromatic rings. The highest BCUT2D eigenvalue weighted by Gasteiger charge is 2.18. The molecular formula is C14H7Cl2NO2. The Kier molecular flexibility index (Phi) is 3.01. The van der Waals surface area contributed by atoms with Gasteiger partial charge >= 0.3 is 0 Å². The summed E-state index contributed by atoms with van der Waals surface area (Å²) in [6.45, 7) is 0. The van der Waals surface area contributed by atoms with E-state index in [2.05, 4.69) is 4.98 Å². The molecule has 0 aliphatic heterocycles. The highest BCUT2D eigenvalue weighted by atomic mass is 35.5. The van der Waals surface area contributed by atoms with Gasteiger partial charge < -0.3 is 4.42 Å². The third-order valence-electron chi connectivity index (χ3n) is 2.68. The molecule has 0 spiro atoms. The van der Waals surface area contributed by atoms with Crippen LogP contribution in [0.15, 0.2) is 47.0 Å². The van der Waals surface area contributed by atoms with E-state index in [4.69, 9.17) is 27.6 Å². The molecule has 0 atom stereocenters. The van der Waals surface area contributed by atoms with Crippen molar-refractivity contribution in [2.24, 2.45) is 0 Å². The highest BCUT2D eigenvalue weighted by molar-refractivity contribution is 6.34. The molecule has 2 aromatic heterocycles. The average Bonchev–Trinajstić information content (AvgIpc) is 2.81. The lowest BCUT2D eigenvalue weighted by Gasteiger charge is -1.98. The molecule has 3 nitrogen and oxygen atoms in total. The zero-order chi connectivity index (χ0) is 13.4. The Labute approximate surface area is 118 Å². The number of pyridine rings is 1. The Hall–Kier alpha value is -1.84. The fourth-order valence-corrected chi connectivity index (χ4v) is 2.18. The van der Waals surface area contributed by atoms with Crippen LogP contribution >= 0.6 is 23.2 Å². The standard InChI is InChI=1S/C14H7Cl2NO2/c15-9-3-4-11-8(6-9)7-12(19-11)14(18)13-10(16)2-1-5-17-13/h1-7H. The lowest BCUT2D eigenvalue weighted by atomic mass is 10.2. The van der Waals surface area contributed by atoms with Gasteiger partial charge in [-0.3, -0.25) is 9.78 Å². The average molecular weight is 292 g/mol. The van der Waals surface area contributed by atoms with Gasteiger partial charge in [-0.15, -0.1) is 0 Å². The first kappa shape index (κ1) is 12.2. The summed E-state index contributed by atoms with van der Waals surface area (Å²) in [4.78, 5) is 16.2. The molecule has 0 radical (unpaired) electrons. The van der Waals surface area contributed by atoms with Crippen molar-refractivity contribution in [1.29, 1.82) is 0 Å². The summed E-state index contributed by atoms with van der Waals surface area (Å²) >= 11 is 11.8. The van der Waals surface area contributed by atoms with Crippen LogP contribution in [0.1, 0.15) is 16.2 Å². The van der Waals surface area contributed by atoms with Gasteiger partial charge in [0.15, 0.2) is 5.76 Å². The lowest BCUT2D eigenvalue weighted by molar-refractivity contribution is 0.101. The number of ketones is 1. The highest BCUT2D eigenvalue weighted by Crippen LogP contribution is 2.25. The quantitative estimate of drug-likeness (QED) is 0.659. The van der Waals surface area contributed by atoms with E-state index in [1.165, 1.54) is 6.20 Å². The van der Waals surface area contributed by atoms with Crippen molar-refractivity contribution in [3.05, 3.63) is 64.1 Å². The number of fused-ring (bicyclic) bond motifs is 1. The number of hydrogen-bond acceptors (Lipinski definition) is 3. The minimum absolute atomic E-state index is 0.175. The van der Waals surface area contributed by atoms with E-state index in [0.29, 0.717) is 15.6 Å². The maximum absolute atomic E-state index is 12.2. The molecule has 0 aliphatic rings. The maximum atomic E-state index is 12.2. The summed E-state index contributed by atoms with van der Waals surface area (Å²) in [5.41, 5.74) is 0.772. The molecule has 19 heavy (non-hydrogen) atoms. The first-order valence-electron chi connectivity index (χ1n) is 5.49. The third-order valence-corrected chi connectivity index (χ3v) is 3.22. The van der Waals surface area contributed by atoms with Crippen molar-refractivity contribution < 1.29 is 9.21 Å². The molecule has 3 rings (SSSR count). The normalized spacial score (nSPS) is 10.8. The number of nitrogens with zero attached hydrogens (tertiary/aromatic N) is 1.